The van der Waals surface area contributed by atoms with Crippen LogP contribution in [0, 0.1) is 6.92 Å². The number of aliphatic hydroxyl groups is 1. The number of anilines is 2. The van der Waals surface area contributed by atoms with Crippen molar-refractivity contribution in [1.82, 2.24) is 9.97 Å². The zero-order chi connectivity index (χ0) is 12.5. The van der Waals surface area contributed by atoms with Gasteiger partial charge in [0.15, 0.2) is 0 Å². The Morgan fingerprint density at radius 3 is 2.88 bits per heavy atom. The van der Waals surface area contributed by atoms with Crippen LogP contribution >= 0.6 is 0 Å². The van der Waals surface area contributed by atoms with Gasteiger partial charge in [-0.05, 0) is 26.7 Å². The number of nitrogens with zero attached hydrogens (tertiary/aromatic N) is 3. The van der Waals surface area contributed by atoms with Gasteiger partial charge in [0.2, 0.25) is 5.95 Å². The molecule has 2 rings (SSSR count). The minimum atomic E-state index is -0.614. The maximum absolute atomic E-state index is 10.1. The number of piperidine rings is 1. The van der Waals surface area contributed by atoms with Crippen LogP contribution in [-0.2, 0) is 0 Å². The van der Waals surface area contributed by atoms with E-state index in [9.17, 15) is 5.11 Å². The molecular formula is C12H20N4O. The van der Waals surface area contributed by atoms with Gasteiger partial charge in [-0.3, -0.25) is 0 Å². The minimum absolute atomic E-state index is 0.614. The van der Waals surface area contributed by atoms with Gasteiger partial charge >= 0.3 is 0 Å². The smallest absolute Gasteiger partial charge is 0.224 e. The van der Waals surface area contributed by atoms with Crippen molar-refractivity contribution < 1.29 is 5.11 Å². The van der Waals surface area contributed by atoms with Crippen molar-refractivity contribution in [3.63, 3.8) is 0 Å². The summed E-state index contributed by atoms with van der Waals surface area (Å²) >= 11 is 0. The Balaban J connectivity index is 2.24. The summed E-state index contributed by atoms with van der Waals surface area (Å²) in [5, 5.41) is 13.1. The van der Waals surface area contributed by atoms with Crippen LogP contribution in [0.5, 0.6) is 0 Å². The highest BCUT2D eigenvalue weighted by Crippen LogP contribution is 2.25. The average molecular weight is 236 g/mol. The fourth-order valence-corrected chi connectivity index (χ4v) is 2.24. The summed E-state index contributed by atoms with van der Waals surface area (Å²) in [5.74, 6) is 1.52. The van der Waals surface area contributed by atoms with E-state index in [1.165, 1.54) is 0 Å². The summed E-state index contributed by atoms with van der Waals surface area (Å²) in [7, 11) is 1.81. The molecule has 0 aliphatic carbocycles. The van der Waals surface area contributed by atoms with Gasteiger partial charge in [-0.25, -0.2) is 4.98 Å². The molecule has 17 heavy (non-hydrogen) atoms. The Labute approximate surface area is 102 Å². The predicted molar refractivity (Wildman–Crippen MR) is 68.4 cm³/mol. The first kappa shape index (κ1) is 12.1. The SMILES string of the molecule is CNc1nc(C)cc(N2CCCC(C)(O)C2)n1. The lowest BCUT2D eigenvalue weighted by atomic mass is 9.95. The first-order valence-electron chi connectivity index (χ1n) is 6.01. The maximum atomic E-state index is 10.1. The molecule has 0 amide bonds. The van der Waals surface area contributed by atoms with Gasteiger partial charge in [0.25, 0.3) is 0 Å². The molecule has 1 saturated heterocycles. The largest absolute Gasteiger partial charge is 0.388 e. The van der Waals surface area contributed by atoms with Crippen LogP contribution < -0.4 is 10.2 Å². The molecule has 1 unspecified atom stereocenters. The second-order valence-electron chi connectivity index (χ2n) is 4.96. The summed E-state index contributed by atoms with van der Waals surface area (Å²) < 4.78 is 0. The maximum Gasteiger partial charge on any atom is 0.224 e. The molecule has 1 aromatic heterocycles. The van der Waals surface area contributed by atoms with Crippen molar-refractivity contribution in [2.75, 3.05) is 30.4 Å². The highest BCUT2D eigenvalue weighted by molar-refractivity contribution is 5.45. The molecule has 0 spiro atoms. The number of nitrogens with one attached hydrogen (secondary N) is 1. The summed E-state index contributed by atoms with van der Waals surface area (Å²) in [6.45, 7) is 5.41. The predicted octanol–water partition coefficient (Wildman–Crippen LogP) is 1.18. The van der Waals surface area contributed by atoms with Crippen molar-refractivity contribution in [2.45, 2.75) is 32.3 Å². The first-order chi connectivity index (χ1) is 8.00. The van der Waals surface area contributed by atoms with Gasteiger partial charge in [0.05, 0.1) is 5.60 Å². The van der Waals surface area contributed by atoms with Crippen LogP contribution in [0.1, 0.15) is 25.5 Å². The topological polar surface area (TPSA) is 61.3 Å². The minimum Gasteiger partial charge on any atom is -0.388 e. The number of aromatic nitrogens is 2. The molecule has 1 fully saturated rings. The van der Waals surface area contributed by atoms with E-state index in [-0.39, 0.29) is 0 Å². The number of hydrogen-bond acceptors (Lipinski definition) is 5. The molecule has 1 aliphatic heterocycles. The third-order valence-corrected chi connectivity index (χ3v) is 3.06. The van der Waals surface area contributed by atoms with Crippen LogP contribution in [-0.4, -0.2) is 40.8 Å². The van der Waals surface area contributed by atoms with E-state index in [4.69, 9.17) is 0 Å². The summed E-state index contributed by atoms with van der Waals surface area (Å²) in [6, 6.07) is 1.96. The molecule has 5 nitrogen and oxygen atoms in total. The summed E-state index contributed by atoms with van der Waals surface area (Å²) in [4.78, 5) is 10.8. The van der Waals surface area contributed by atoms with E-state index in [2.05, 4.69) is 20.2 Å². The lowest BCUT2D eigenvalue weighted by molar-refractivity contribution is 0.0447. The molecule has 2 heterocycles. The number of aryl methyl sites for hydroxylation is 1. The Morgan fingerprint density at radius 1 is 1.47 bits per heavy atom. The third kappa shape index (κ3) is 2.85. The van der Waals surface area contributed by atoms with E-state index in [0.717, 1.165) is 30.9 Å². The zero-order valence-electron chi connectivity index (χ0n) is 10.7. The molecule has 0 radical (unpaired) electrons. The fourth-order valence-electron chi connectivity index (χ4n) is 2.24. The van der Waals surface area contributed by atoms with Gasteiger partial charge in [-0.2, -0.15) is 4.98 Å². The summed E-state index contributed by atoms with van der Waals surface area (Å²) in [6.07, 6.45) is 1.84. The lowest BCUT2D eigenvalue weighted by Crippen LogP contribution is -2.46. The third-order valence-electron chi connectivity index (χ3n) is 3.06. The van der Waals surface area contributed by atoms with Crippen LogP contribution in [0.4, 0.5) is 11.8 Å². The monoisotopic (exact) mass is 236 g/mol. The Hall–Kier alpha value is -1.36. The standard InChI is InChI=1S/C12H20N4O/c1-9-7-10(15-11(13-3)14-9)16-6-4-5-12(2,17)8-16/h7,17H,4-6,8H2,1-3H3,(H,13,14,15). The highest BCUT2D eigenvalue weighted by atomic mass is 16.3. The van der Waals surface area contributed by atoms with Crippen LogP contribution in [0.2, 0.25) is 0 Å². The molecule has 1 aliphatic rings. The van der Waals surface area contributed by atoms with Crippen LogP contribution in [0.15, 0.2) is 6.07 Å². The normalized spacial score (nSPS) is 24.8. The molecule has 0 saturated carbocycles. The molecule has 1 aromatic rings. The Kier molecular flexibility index (Phi) is 3.19. The van der Waals surface area contributed by atoms with Crippen molar-refractivity contribution in [1.29, 1.82) is 0 Å². The molecule has 0 aromatic carbocycles. The van der Waals surface area contributed by atoms with Gasteiger partial charge in [-0.1, -0.05) is 0 Å². The molecule has 1 atom stereocenters. The first-order valence-corrected chi connectivity index (χ1v) is 6.01. The molecular weight excluding hydrogens is 216 g/mol. The quantitative estimate of drug-likeness (QED) is 0.807. The average Bonchev–Trinajstić information content (AvgIpc) is 2.27. The van der Waals surface area contributed by atoms with Crippen molar-refractivity contribution in [2.24, 2.45) is 0 Å². The van der Waals surface area contributed by atoms with E-state index >= 15 is 0 Å². The van der Waals surface area contributed by atoms with Gasteiger partial charge in [-0.15, -0.1) is 0 Å². The molecule has 5 heteroatoms. The van der Waals surface area contributed by atoms with Crippen molar-refractivity contribution in [3.8, 4) is 0 Å². The molecule has 2 N–H and O–H groups in total. The van der Waals surface area contributed by atoms with E-state index in [1.54, 1.807) is 0 Å². The van der Waals surface area contributed by atoms with E-state index in [0.29, 0.717) is 12.5 Å². The van der Waals surface area contributed by atoms with E-state index < -0.39 is 5.60 Å². The molecule has 94 valence electrons. The Bertz CT molecular complexity index is 405. The zero-order valence-corrected chi connectivity index (χ0v) is 10.7. The van der Waals surface area contributed by atoms with Crippen molar-refractivity contribution in [3.05, 3.63) is 11.8 Å². The van der Waals surface area contributed by atoms with Gasteiger partial charge in [0, 0.05) is 31.9 Å². The fraction of sp³-hybridized carbons (Fsp3) is 0.667. The second kappa shape index (κ2) is 4.49. The van der Waals surface area contributed by atoms with Crippen molar-refractivity contribution >= 4 is 11.8 Å². The number of hydrogen-bond donors (Lipinski definition) is 2. The van der Waals surface area contributed by atoms with Gasteiger partial charge < -0.3 is 15.3 Å². The molecule has 0 bridgehead atoms. The lowest BCUT2D eigenvalue weighted by Gasteiger charge is -2.37. The number of rotatable bonds is 2. The number of β-amino-alcohol motifs (C(OH)–C–C–N with tert-alkyl or cyclic N) is 1. The van der Waals surface area contributed by atoms with Crippen LogP contribution in [0.25, 0.3) is 0 Å². The summed E-state index contributed by atoms with van der Waals surface area (Å²) in [5.41, 5.74) is 0.321. The Morgan fingerprint density at radius 2 is 2.24 bits per heavy atom. The van der Waals surface area contributed by atoms with E-state index in [1.807, 2.05) is 27.0 Å². The van der Waals surface area contributed by atoms with Gasteiger partial charge in [0.1, 0.15) is 5.82 Å². The van der Waals surface area contributed by atoms with Crippen LogP contribution in [0.3, 0.4) is 0 Å². The second-order valence-corrected chi connectivity index (χ2v) is 4.96. The highest BCUT2D eigenvalue weighted by Gasteiger charge is 2.29.